The van der Waals surface area contributed by atoms with Gasteiger partial charge in [0.15, 0.2) is 11.6 Å². The van der Waals surface area contributed by atoms with Crippen molar-refractivity contribution in [3.8, 4) is 6.07 Å². The van der Waals surface area contributed by atoms with Crippen LogP contribution in [0.5, 0.6) is 0 Å². The first kappa shape index (κ1) is 14.7. The summed E-state index contributed by atoms with van der Waals surface area (Å²) in [6.07, 6.45) is 0. The minimum absolute atomic E-state index is 0.100. The lowest BCUT2D eigenvalue weighted by Crippen LogP contribution is -2.52. The number of nitrogens with one attached hydrogen (secondary N) is 1. The quantitative estimate of drug-likeness (QED) is 0.911. The number of halogens is 2. The SMILES string of the molecule is CN1CCN(C)C(CNc2ccc(C#N)c(F)c2F)C1. The molecular weight excluding hydrogens is 262 g/mol. The Kier molecular flexibility index (Phi) is 4.53. The number of benzene rings is 1. The molecule has 1 aromatic carbocycles. The Hall–Kier alpha value is -1.71. The highest BCUT2D eigenvalue weighted by atomic mass is 19.2. The van der Waals surface area contributed by atoms with Crippen LogP contribution in [0.25, 0.3) is 0 Å². The van der Waals surface area contributed by atoms with Crippen LogP contribution in [0.15, 0.2) is 12.1 Å². The third-order valence-corrected chi connectivity index (χ3v) is 3.71. The van der Waals surface area contributed by atoms with Crippen molar-refractivity contribution in [1.29, 1.82) is 5.26 Å². The fraction of sp³-hybridized carbons (Fsp3) is 0.500. The van der Waals surface area contributed by atoms with Crippen molar-refractivity contribution in [2.24, 2.45) is 0 Å². The van der Waals surface area contributed by atoms with Gasteiger partial charge in [-0.15, -0.1) is 0 Å². The van der Waals surface area contributed by atoms with Gasteiger partial charge in [-0.25, -0.2) is 8.78 Å². The predicted molar refractivity (Wildman–Crippen MR) is 73.5 cm³/mol. The average molecular weight is 280 g/mol. The van der Waals surface area contributed by atoms with Gasteiger partial charge >= 0.3 is 0 Å². The summed E-state index contributed by atoms with van der Waals surface area (Å²) in [5.74, 6) is -2.08. The molecule has 0 saturated carbocycles. The number of hydrogen-bond acceptors (Lipinski definition) is 4. The van der Waals surface area contributed by atoms with E-state index in [-0.39, 0.29) is 17.3 Å². The Morgan fingerprint density at radius 1 is 1.30 bits per heavy atom. The van der Waals surface area contributed by atoms with Crippen LogP contribution in [0.1, 0.15) is 5.56 Å². The third kappa shape index (κ3) is 3.06. The molecule has 0 spiro atoms. The fourth-order valence-electron chi connectivity index (χ4n) is 2.32. The van der Waals surface area contributed by atoms with Crippen molar-refractivity contribution >= 4 is 5.69 Å². The zero-order valence-electron chi connectivity index (χ0n) is 11.7. The molecule has 1 N–H and O–H groups in total. The lowest BCUT2D eigenvalue weighted by Gasteiger charge is -2.37. The molecule has 1 heterocycles. The first-order valence-electron chi connectivity index (χ1n) is 6.53. The van der Waals surface area contributed by atoms with Crippen molar-refractivity contribution in [2.75, 3.05) is 45.6 Å². The van der Waals surface area contributed by atoms with Crippen LogP contribution < -0.4 is 5.32 Å². The molecule has 6 heteroatoms. The smallest absolute Gasteiger partial charge is 0.183 e. The average Bonchev–Trinajstić information content (AvgIpc) is 2.44. The number of anilines is 1. The van der Waals surface area contributed by atoms with Gasteiger partial charge < -0.3 is 10.2 Å². The van der Waals surface area contributed by atoms with Gasteiger partial charge in [-0.3, -0.25) is 4.90 Å². The van der Waals surface area contributed by atoms with Gasteiger partial charge in [0.25, 0.3) is 0 Å². The summed E-state index contributed by atoms with van der Waals surface area (Å²) in [4.78, 5) is 4.41. The lowest BCUT2D eigenvalue weighted by atomic mass is 10.1. The molecule has 1 fully saturated rings. The number of piperazine rings is 1. The van der Waals surface area contributed by atoms with Gasteiger partial charge in [0.05, 0.1) is 11.3 Å². The van der Waals surface area contributed by atoms with Gasteiger partial charge in [0.2, 0.25) is 0 Å². The molecule has 0 bridgehead atoms. The zero-order valence-corrected chi connectivity index (χ0v) is 11.7. The summed E-state index contributed by atoms with van der Waals surface area (Å²) >= 11 is 0. The first-order chi connectivity index (χ1) is 9.52. The van der Waals surface area contributed by atoms with Crippen LogP contribution in [-0.4, -0.2) is 56.1 Å². The maximum absolute atomic E-state index is 13.8. The third-order valence-electron chi connectivity index (χ3n) is 3.71. The molecule has 1 saturated heterocycles. The molecule has 1 aromatic rings. The van der Waals surface area contributed by atoms with Gasteiger partial charge in [-0.2, -0.15) is 5.26 Å². The highest BCUT2D eigenvalue weighted by molar-refractivity contribution is 5.49. The largest absolute Gasteiger partial charge is 0.381 e. The number of likely N-dealkylation sites (N-methyl/N-ethyl adjacent to an activating group) is 2. The molecule has 20 heavy (non-hydrogen) atoms. The van der Waals surface area contributed by atoms with E-state index in [4.69, 9.17) is 5.26 Å². The summed E-state index contributed by atoms with van der Waals surface area (Å²) in [6.45, 7) is 3.37. The van der Waals surface area contributed by atoms with Gasteiger partial charge in [-0.1, -0.05) is 0 Å². The van der Waals surface area contributed by atoms with E-state index in [0.29, 0.717) is 6.54 Å². The summed E-state index contributed by atoms with van der Waals surface area (Å²) in [5, 5.41) is 11.6. The van der Waals surface area contributed by atoms with Gasteiger partial charge in [0.1, 0.15) is 6.07 Å². The number of hydrogen-bond donors (Lipinski definition) is 1. The number of nitriles is 1. The van der Waals surface area contributed by atoms with Crippen LogP contribution >= 0.6 is 0 Å². The second-order valence-corrected chi connectivity index (χ2v) is 5.18. The van der Waals surface area contributed by atoms with E-state index >= 15 is 0 Å². The Morgan fingerprint density at radius 3 is 2.75 bits per heavy atom. The summed E-state index contributed by atoms with van der Waals surface area (Å²) < 4.78 is 27.3. The van der Waals surface area contributed by atoms with E-state index in [2.05, 4.69) is 15.1 Å². The van der Waals surface area contributed by atoms with E-state index in [0.717, 1.165) is 19.6 Å². The van der Waals surface area contributed by atoms with Crippen LogP contribution in [0, 0.1) is 23.0 Å². The Bertz CT molecular complexity index is 527. The second-order valence-electron chi connectivity index (χ2n) is 5.18. The van der Waals surface area contributed by atoms with E-state index in [1.807, 2.05) is 14.1 Å². The van der Waals surface area contributed by atoms with Gasteiger partial charge in [-0.05, 0) is 26.2 Å². The minimum Gasteiger partial charge on any atom is -0.381 e. The van der Waals surface area contributed by atoms with Crippen LogP contribution in [0.4, 0.5) is 14.5 Å². The predicted octanol–water partition coefficient (Wildman–Crippen LogP) is 1.49. The fourth-order valence-corrected chi connectivity index (χ4v) is 2.32. The molecule has 1 aliphatic heterocycles. The molecular formula is C14H18F2N4. The highest BCUT2D eigenvalue weighted by Gasteiger charge is 2.22. The Labute approximate surface area is 117 Å². The standard InChI is InChI=1S/C14H18F2N4/c1-19-5-6-20(2)11(9-19)8-18-12-4-3-10(7-17)13(15)14(12)16/h3-4,11,18H,5-6,8-9H2,1-2H3. The maximum Gasteiger partial charge on any atom is 0.183 e. The lowest BCUT2D eigenvalue weighted by molar-refractivity contribution is 0.122. The molecule has 0 aliphatic carbocycles. The van der Waals surface area contributed by atoms with Crippen LogP contribution in [0.3, 0.4) is 0 Å². The molecule has 0 radical (unpaired) electrons. The van der Waals surface area contributed by atoms with Crippen LogP contribution in [0.2, 0.25) is 0 Å². The minimum atomic E-state index is -1.09. The van der Waals surface area contributed by atoms with E-state index in [1.165, 1.54) is 12.1 Å². The molecule has 1 aliphatic rings. The van der Waals surface area contributed by atoms with E-state index < -0.39 is 11.6 Å². The summed E-state index contributed by atoms with van der Waals surface area (Å²) in [5.41, 5.74) is -0.175. The number of rotatable bonds is 3. The molecule has 0 amide bonds. The van der Waals surface area contributed by atoms with Gasteiger partial charge in [0, 0.05) is 32.2 Å². The Balaban J connectivity index is 2.04. The maximum atomic E-state index is 13.8. The highest BCUT2D eigenvalue weighted by Crippen LogP contribution is 2.20. The van der Waals surface area contributed by atoms with Crippen molar-refractivity contribution < 1.29 is 8.78 Å². The van der Waals surface area contributed by atoms with Crippen molar-refractivity contribution in [1.82, 2.24) is 9.80 Å². The van der Waals surface area contributed by atoms with Crippen molar-refractivity contribution in [2.45, 2.75) is 6.04 Å². The van der Waals surface area contributed by atoms with Crippen molar-refractivity contribution in [3.63, 3.8) is 0 Å². The molecule has 4 nitrogen and oxygen atoms in total. The van der Waals surface area contributed by atoms with E-state index in [9.17, 15) is 8.78 Å². The number of nitrogens with zero attached hydrogens (tertiary/aromatic N) is 3. The molecule has 1 unspecified atom stereocenters. The first-order valence-corrected chi connectivity index (χ1v) is 6.53. The van der Waals surface area contributed by atoms with Crippen molar-refractivity contribution in [3.05, 3.63) is 29.3 Å². The summed E-state index contributed by atoms with van der Waals surface area (Å²) in [7, 11) is 4.07. The molecule has 108 valence electrons. The molecule has 2 rings (SSSR count). The van der Waals surface area contributed by atoms with E-state index in [1.54, 1.807) is 6.07 Å². The monoisotopic (exact) mass is 280 g/mol. The zero-order chi connectivity index (χ0) is 14.7. The summed E-state index contributed by atoms with van der Waals surface area (Å²) in [6, 6.07) is 4.56. The van der Waals surface area contributed by atoms with Crippen LogP contribution in [-0.2, 0) is 0 Å². The molecule has 0 aromatic heterocycles. The topological polar surface area (TPSA) is 42.3 Å². The second kappa shape index (κ2) is 6.16. The normalized spacial score (nSPS) is 20.6. The molecule has 1 atom stereocenters. The Morgan fingerprint density at radius 2 is 2.05 bits per heavy atom.